The van der Waals surface area contributed by atoms with Gasteiger partial charge in [0.1, 0.15) is 0 Å². The first-order valence-electron chi connectivity index (χ1n) is 6.72. The quantitative estimate of drug-likeness (QED) is 0.880. The molecule has 0 saturated carbocycles. The molecule has 4 heteroatoms. The van der Waals surface area contributed by atoms with E-state index in [1.165, 1.54) is 5.56 Å². The van der Waals surface area contributed by atoms with E-state index in [9.17, 15) is 15.0 Å². The van der Waals surface area contributed by atoms with E-state index in [-0.39, 0.29) is 12.2 Å². The molecule has 1 heterocycles. The number of aliphatic hydroxyl groups is 1. The van der Waals surface area contributed by atoms with E-state index in [0.29, 0.717) is 12.2 Å². The van der Waals surface area contributed by atoms with E-state index < -0.39 is 5.97 Å². The summed E-state index contributed by atoms with van der Waals surface area (Å²) in [6.07, 6.45) is 0.970. The SMILES string of the molecule is CCc1ccc(-c2cc(C(=O)O)c(C)n2CCO)cc1. The number of rotatable bonds is 5. The normalized spacial score (nSPS) is 10.8. The van der Waals surface area contributed by atoms with Gasteiger partial charge in [-0.15, -0.1) is 0 Å². The van der Waals surface area contributed by atoms with E-state index in [0.717, 1.165) is 17.7 Å². The average molecular weight is 273 g/mol. The largest absolute Gasteiger partial charge is 0.478 e. The predicted molar refractivity (Wildman–Crippen MR) is 78.0 cm³/mol. The van der Waals surface area contributed by atoms with Gasteiger partial charge in [0.25, 0.3) is 0 Å². The molecular formula is C16H19NO3. The van der Waals surface area contributed by atoms with Crippen molar-refractivity contribution in [3.63, 3.8) is 0 Å². The van der Waals surface area contributed by atoms with Crippen molar-refractivity contribution in [1.29, 1.82) is 0 Å². The number of nitrogens with zero attached hydrogens (tertiary/aromatic N) is 1. The highest BCUT2D eigenvalue weighted by molar-refractivity contribution is 5.91. The summed E-state index contributed by atoms with van der Waals surface area (Å²) in [5.74, 6) is -0.939. The fraction of sp³-hybridized carbons (Fsp3) is 0.312. The Hall–Kier alpha value is -2.07. The summed E-state index contributed by atoms with van der Waals surface area (Å²) < 4.78 is 1.85. The van der Waals surface area contributed by atoms with Gasteiger partial charge in [0.05, 0.1) is 12.2 Å². The van der Waals surface area contributed by atoms with Crippen LogP contribution in [0.15, 0.2) is 30.3 Å². The van der Waals surface area contributed by atoms with Crippen molar-refractivity contribution < 1.29 is 15.0 Å². The summed E-state index contributed by atoms with van der Waals surface area (Å²) in [4.78, 5) is 11.2. The number of aromatic nitrogens is 1. The molecule has 2 aromatic rings. The highest BCUT2D eigenvalue weighted by atomic mass is 16.4. The van der Waals surface area contributed by atoms with Crippen LogP contribution in [0.2, 0.25) is 0 Å². The molecule has 20 heavy (non-hydrogen) atoms. The van der Waals surface area contributed by atoms with E-state index in [1.807, 2.05) is 28.8 Å². The Labute approximate surface area is 118 Å². The maximum Gasteiger partial charge on any atom is 0.337 e. The van der Waals surface area contributed by atoms with Crippen molar-refractivity contribution in [1.82, 2.24) is 4.57 Å². The molecule has 0 spiro atoms. The fourth-order valence-corrected chi connectivity index (χ4v) is 2.40. The zero-order chi connectivity index (χ0) is 14.7. The molecule has 0 bridgehead atoms. The van der Waals surface area contributed by atoms with Crippen LogP contribution in [0.5, 0.6) is 0 Å². The molecule has 4 nitrogen and oxygen atoms in total. The van der Waals surface area contributed by atoms with Gasteiger partial charge >= 0.3 is 5.97 Å². The average Bonchev–Trinajstić information content (AvgIpc) is 2.77. The summed E-state index contributed by atoms with van der Waals surface area (Å²) in [6, 6.07) is 9.75. The monoisotopic (exact) mass is 273 g/mol. The Morgan fingerprint density at radius 1 is 1.25 bits per heavy atom. The molecule has 2 N–H and O–H groups in total. The summed E-state index contributed by atoms with van der Waals surface area (Å²) in [5, 5.41) is 18.4. The molecule has 1 aromatic carbocycles. The van der Waals surface area contributed by atoms with Crippen LogP contribution in [0.4, 0.5) is 0 Å². The van der Waals surface area contributed by atoms with Gasteiger partial charge < -0.3 is 14.8 Å². The Morgan fingerprint density at radius 3 is 2.40 bits per heavy atom. The second-order valence-corrected chi connectivity index (χ2v) is 4.76. The smallest absolute Gasteiger partial charge is 0.337 e. The minimum atomic E-state index is -0.939. The Bertz CT molecular complexity index is 611. The van der Waals surface area contributed by atoms with Crippen LogP contribution in [0.1, 0.15) is 28.5 Å². The number of carbonyl (C=O) groups is 1. The van der Waals surface area contributed by atoms with E-state index in [2.05, 4.69) is 6.92 Å². The minimum absolute atomic E-state index is 0.0192. The Kier molecular flexibility index (Phi) is 4.25. The summed E-state index contributed by atoms with van der Waals surface area (Å²) in [5.41, 5.74) is 3.99. The van der Waals surface area contributed by atoms with Gasteiger partial charge in [-0.3, -0.25) is 0 Å². The highest BCUT2D eigenvalue weighted by Gasteiger charge is 2.17. The highest BCUT2D eigenvalue weighted by Crippen LogP contribution is 2.26. The molecule has 0 aliphatic heterocycles. The van der Waals surface area contributed by atoms with Gasteiger partial charge in [-0.1, -0.05) is 31.2 Å². The first-order valence-corrected chi connectivity index (χ1v) is 6.72. The lowest BCUT2D eigenvalue weighted by Gasteiger charge is -2.10. The van der Waals surface area contributed by atoms with Gasteiger partial charge in [0, 0.05) is 17.9 Å². The van der Waals surface area contributed by atoms with Crippen LogP contribution in [-0.4, -0.2) is 27.4 Å². The lowest BCUT2D eigenvalue weighted by molar-refractivity contribution is 0.0696. The third-order valence-corrected chi connectivity index (χ3v) is 3.58. The van der Waals surface area contributed by atoms with Crippen molar-refractivity contribution in [2.24, 2.45) is 0 Å². The Morgan fingerprint density at radius 2 is 1.90 bits per heavy atom. The first kappa shape index (κ1) is 14.3. The van der Waals surface area contributed by atoms with Gasteiger partial charge in [-0.05, 0) is 30.5 Å². The second-order valence-electron chi connectivity index (χ2n) is 4.76. The third kappa shape index (κ3) is 2.60. The molecule has 0 amide bonds. The number of aliphatic hydroxyl groups excluding tert-OH is 1. The van der Waals surface area contributed by atoms with E-state index >= 15 is 0 Å². The zero-order valence-electron chi connectivity index (χ0n) is 11.8. The van der Waals surface area contributed by atoms with Gasteiger partial charge in [0.2, 0.25) is 0 Å². The maximum absolute atomic E-state index is 11.2. The van der Waals surface area contributed by atoms with Gasteiger partial charge in [-0.25, -0.2) is 4.79 Å². The van der Waals surface area contributed by atoms with Crippen molar-refractivity contribution in [2.75, 3.05) is 6.61 Å². The molecule has 2 rings (SSSR count). The minimum Gasteiger partial charge on any atom is -0.478 e. The van der Waals surface area contributed by atoms with E-state index in [1.54, 1.807) is 13.0 Å². The topological polar surface area (TPSA) is 62.5 Å². The van der Waals surface area contributed by atoms with Crippen LogP contribution >= 0.6 is 0 Å². The lowest BCUT2D eigenvalue weighted by atomic mass is 10.1. The van der Waals surface area contributed by atoms with Crippen molar-refractivity contribution in [3.05, 3.63) is 47.2 Å². The summed E-state index contributed by atoms with van der Waals surface area (Å²) in [7, 11) is 0. The number of carboxylic acids is 1. The first-order chi connectivity index (χ1) is 9.58. The number of carboxylic acid groups (broad SMARTS) is 1. The lowest BCUT2D eigenvalue weighted by Crippen LogP contribution is -2.07. The predicted octanol–water partition coefficient (Wildman–Crippen LogP) is 2.72. The van der Waals surface area contributed by atoms with Crippen molar-refractivity contribution in [3.8, 4) is 11.3 Å². The second kappa shape index (κ2) is 5.92. The molecule has 0 unspecified atom stereocenters. The Balaban J connectivity index is 2.53. The number of hydrogen-bond acceptors (Lipinski definition) is 2. The molecule has 0 atom stereocenters. The van der Waals surface area contributed by atoms with Crippen LogP contribution in [-0.2, 0) is 13.0 Å². The third-order valence-electron chi connectivity index (χ3n) is 3.58. The van der Waals surface area contributed by atoms with Gasteiger partial charge in [-0.2, -0.15) is 0 Å². The van der Waals surface area contributed by atoms with E-state index in [4.69, 9.17) is 0 Å². The zero-order valence-corrected chi connectivity index (χ0v) is 11.8. The van der Waals surface area contributed by atoms with Gasteiger partial charge in [0.15, 0.2) is 0 Å². The van der Waals surface area contributed by atoms with Crippen LogP contribution in [0.25, 0.3) is 11.3 Å². The summed E-state index contributed by atoms with van der Waals surface area (Å²) >= 11 is 0. The standard InChI is InChI=1S/C16H19NO3/c1-3-12-4-6-13(7-5-12)15-10-14(16(19)20)11(2)17(15)8-9-18/h4-7,10,18H,3,8-9H2,1-2H3,(H,19,20). The number of hydrogen-bond donors (Lipinski definition) is 2. The summed E-state index contributed by atoms with van der Waals surface area (Å²) in [6.45, 7) is 4.23. The molecule has 0 fully saturated rings. The van der Waals surface area contributed by atoms with Crippen LogP contribution < -0.4 is 0 Å². The maximum atomic E-state index is 11.2. The molecule has 106 valence electrons. The number of aryl methyl sites for hydroxylation is 1. The molecule has 0 aliphatic carbocycles. The molecule has 1 aromatic heterocycles. The van der Waals surface area contributed by atoms with Crippen molar-refractivity contribution in [2.45, 2.75) is 26.8 Å². The molecule has 0 saturated heterocycles. The number of aromatic carboxylic acids is 1. The fourth-order valence-electron chi connectivity index (χ4n) is 2.40. The van der Waals surface area contributed by atoms with Crippen LogP contribution in [0, 0.1) is 6.92 Å². The van der Waals surface area contributed by atoms with Crippen molar-refractivity contribution >= 4 is 5.97 Å². The number of benzene rings is 1. The molecular weight excluding hydrogens is 254 g/mol. The molecule has 0 aliphatic rings. The molecule has 0 radical (unpaired) electrons. The van der Waals surface area contributed by atoms with Crippen LogP contribution in [0.3, 0.4) is 0 Å².